The lowest BCUT2D eigenvalue weighted by Gasteiger charge is -2.07. The molecule has 21 heavy (non-hydrogen) atoms. The van der Waals surface area contributed by atoms with Crippen LogP contribution < -0.4 is 10.6 Å². The number of phenols is 1. The summed E-state index contributed by atoms with van der Waals surface area (Å²) < 4.78 is 4.63. The van der Waals surface area contributed by atoms with E-state index in [-0.39, 0.29) is 25.3 Å². The van der Waals surface area contributed by atoms with E-state index >= 15 is 0 Å². The number of nitrogens with one attached hydrogen (secondary N) is 2. The standard InChI is InChI=1S/C12H15N3O6/c1-2-21-12(18)14-6-5-13-11(17)8-3-4-9(15(19)20)10(16)7-8/h3-4,7,16H,2,5-6H2,1H3,(H,13,17)(H,14,18). The van der Waals surface area contributed by atoms with E-state index in [1.807, 2.05) is 0 Å². The lowest BCUT2D eigenvalue weighted by Crippen LogP contribution is -2.34. The van der Waals surface area contributed by atoms with Gasteiger partial charge in [0.25, 0.3) is 5.91 Å². The van der Waals surface area contributed by atoms with E-state index in [1.54, 1.807) is 6.92 Å². The van der Waals surface area contributed by atoms with Gasteiger partial charge in [0.15, 0.2) is 5.75 Å². The Kier molecular flexibility index (Phi) is 5.93. The van der Waals surface area contributed by atoms with Crippen LogP contribution in [0, 0.1) is 10.1 Å². The van der Waals surface area contributed by atoms with Crippen LogP contribution in [0.2, 0.25) is 0 Å². The molecule has 2 amide bonds. The quantitative estimate of drug-likeness (QED) is 0.404. The van der Waals surface area contributed by atoms with Gasteiger partial charge in [0.05, 0.1) is 11.5 Å². The van der Waals surface area contributed by atoms with Gasteiger partial charge in [0.1, 0.15) is 0 Å². The monoisotopic (exact) mass is 297 g/mol. The number of ether oxygens (including phenoxy) is 1. The van der Waals surface area contributed by atoms with Gasteiger partial charge in [-0.3, -0.25) is 14.9 Å². The smallest absolute Gasteiger partial charge is 0.407 e. The van der Waals surface area contributed by atoms with E-state index in [1.165, 1.54) is 6.07 Å². The lowest BCUT2D eigenvalue weighted by atomic mass is 10.2. The molecule has 0 saturated heterocycles. The van der Waals surface area contributed by atoms with Crippen molar-refractivity contribution in [3.8, 4) is 5.75 Å². The predicted molar refractivity (Wildman–Crippen MR) is 72.1 cm³/mol. The summed E-state index contributed by atoms with van der Waals surface area (Å²) in [6.07, 6.45) is -0.584. The molecule has 1 rings (SSSR count). The average Bonchev–Trinajstić information content (AvgIpc) is 2.43. The molecule has 0 heterocycles. The number of rotatable bonds is 6. The van der Waals surface area contributed by atoms with Crippen molar-refractivity contribution in [2.75, 3.05) is 19.7 Å². The van der Waals surface area contributed by atoms with Crippen LogP contribution >= 0.6 is 0 Å². The van der Waals surface area contributed by atoms with E-state index in [9.17, 15) is 24.8 Å². The van der Waals surface area contributed by atoms with E-state index in [2.05, 4.69) is 15.4 Å². The van der Waals surface area contributed by atoms with Gasteiger partial charge in [-0.15, -0.1) is 0 Å². The molecule has 0 bridgehead atoms. The maximum absolute atomic E-state index is 11.7. The minimum atomic E-state index is -0.750. The first-order valence-electron chi connectivity index (χ1n) is 6.12. The van der Waals surface area contributed by atoms with Crippen molar-refractivity contribution in [2.24, 2.45) is 0 Å². The Bertz CT molecular complexity index is 546. The Labute approximate surface area is 120 Å². The van der Waals surface area contributed by atoms with E-state index in [4.69, 9.17) is 0 Å². The number of aromatic hydroxyl groups is 1. The first kappa shape index (κ1) is 16.2. The second kappa shape index (κ2) is 7.68. The molecule has 0 fully saturated rings. The molecule has 0 saturated carbocycles. The second-order valence-electron chi connectivity index (χ2n) is 3.86. The van der Waals surface area contributed by atoms with Crippen LogP contribution in [0.5, 0.6) is 5.75 Å². The Hall–Kier alpha value is -2.84. The molecular formula is C12H15N3O6. The lowest BCUT2D eigenvalue weighted by molar-refractivity contribution is -0.385. The normalized spacial score (nSPS) is 9.76. The number of hydrogen-bond donors (Lipinski definition) is 3. The topological polar surface area (TPSA) is 131 Å². The fourth-order valence-corrected chi connectivity index (χ4v) is 1.44. The number of nitro benzene ring substituents is 1. The van der Waals surface area contributed by atoms with Crippen molar-refractivity contribution in [3.05, 3.63) is 33.9 Å². The molecule has 9 nitrogen and oxygen atoms in total. The number of alkyl carbamates (subject to hydrolysis) is 1. The van der Waals surface area contributed by atoms with Gasteiger partial charge in [0, 0.05) is 24.7 Å². The van der Waals surface area contributed by atoms with Gasteiger partial charge >= 0.3 is 11.8 Å². The van der Waals surface area contributed by atoms with Crippen LogP contribution in [0.3, 0.4) is 0 Å². The summed E-state index contributed by atoms with van der Waals surface area (Å²) in [5, 5.41) is 24.8. The molecule has 0 spiro atoms. The van der Waals surface area contributed by atoms with Gasteiger partial charge in [-0.1, -0.05) is 0 Å². The Balaban J connectivity index is 2.47. The van der Waals surface area contributed by atoms with Crippen LogP contribution in [0.1, 0.15) is 17.3 Å². The molecule has 0 aliphatic carbocycles. The van der Waals surface area contributed by atoms with Crippen molar-refractivity contribution in [1.29, 1.82) is 0 Å². The van der Waals surface area contributed by atoms with Crippen LogP contribution in [-0.2, 0) is 4.74 Å². The Morgan fingerprint density at radius 2 is 2.00 bits per heavy atom. The molecule has 0 aromatic heterocycles. The fourth-order valence-electron chi connectivity index (χ4n) is 1.44. The number of carbonyl (C=O) groups is 2. The van der Waals surface area contributed by atoms with Crippen LogP contribution in [0.25, 0.3) is 0 Å². The number of benzene rings is 1. The van der Waals surface area contributed by atoms with E-state index in [0.717, 1.165) is 12.1 Å². The highest BCUT2D eigenvalue weighted by Gasteiger charge is 2.15. The van der Waals surface area contributed by atoms with E-state index < -0.39 is 28.4 Å². The molecule has 0 aliphatic rings. The molecule has 3 N–H and O–H groups in total. The second-order valence-corrected chi connectivity index (χ2v) is 3.86. The maximum Gasteiger partial charge on any atom is 0.407 e. The molecule has 114 valence electrons. The number of phenolic OH excluding ortho intramolecular Hbond substituents is 1. The van der Waals surface area contributed by atoms with Crippen molar-refractivity contribution in [1.82, 2.24) is 10.6 Å². The largest absolute Gasteiger partial charge is 0.502 e. The third-order valence-corrected chi connectivity index (χ3v) is 2.39. The summed E-state index contributed by atoms with van der Waals surface area (Å²) in [6, 6.07) is 3.28. The first-order valence-corrected chi connectivity index (χ1v) is 6.12. The summed E-state index contributed by atoms with van der Waals surface area (Å²) in [6.45, 7) is 2.24. The zero-order valence-electron chi connectivity index (χ0n) is 11.3. The summed E-state index contributed by atoms with van der Waals surface area (Å²) in [5.74, 6) is -1.11. The SMILES string of the molecule is CCOC(=O)NCCNC(=O)c1ccc([N+](=O)[O-])c(O)c1. The highest BCUT2D eigenvalue weighted by Crippen LogP contribution is 2.25. The van der Waals surface area contributed by atoms with Gasteiger partial charge in [0.2, 0.25) is 0 Å². The third-order valence-electron chi connectivity index (χ3n) is 2.39. The summed E-state index contributed by atoms with van der Waals surface area (Å²) >= 11 is 0. The molecule has 9 heteroatoms. The molecule has 0 radical (unpaired) electrons. The first-order chi connectivity index (χ1) is 9.95. The minimum Gasteiger partial charge on any atom is -0.502 e. The van der Waals surface area contributed by atoms with Crippen molar-refractivity contribution in [3.63, 3.8) is 0 Å². The Morgan fingerprint density at radius 1 is 1.33 bits per heavy atom. The number of amides is 2. The van der Waals surface area contributed by atoms with Gasteiger partial charge in [-0.2, -0.15) is 0 Å². The zero-order valence-corrected chi connectivity index (χ0v) is 11.3. The summed E-state index contributed by atoms with van der Waals surface area (Å²) in [4.78, 5) is 32.4. The van der Waals surface area contributed by atoms with Crippen LogP contribution in [-0.4, -0.2) is 41.7 Å². The number of carbonyl (C=O) groups excluding carboxylic acids is 2. The van der Waals surface area contributed by atoms with Crippen molar-refractivity contribution < 1.29 is 24.4 Å². The van der Waals surface area contributed by atoms with Crippen molar-refractivity contribution in [2.45, 2.75) is 6.92 Å². The molecule has 1 aromatic carbocycles. The molecule has 0 aliphatic heterocycles. The predicted octanol–water partition coefficient (Wildman–Crippen LogP) is 0.776. The van der Waals surface area contributed by atoms with Crippen LogP contribution in [0.15, 0.2) is 18.2 Å². The number of nitro groups is 1. The molecule has 0 unspecified atom stereocenters. The van der Waals surface area contributed by atoms with Crippen LogP contribution in [0.4, 0.5) is 10.5 Å². The molecular weight excluding hydrogens is 282 g/mol. The summed E-state index contributed by atoms with van der Waals surface area (Å²) in [5.41, 5.74) is -0.398. The number of hydrogen-bond acceptors (Lipinski definition) is 6. The highest BCUT2D eigenvalue weighted by molar-refractivity contribution is 5.95. The average molecular weight is 297 g/mol. The highest BCUT2D eigenvalue weighted by atomic mass is 16.6. The summed E-state index contributed by atoms with van der Waals surface area (Å²) in [7, 11) is 0. The molecule has 1 aromatic rings. The van der Waals surface area contributed by atoms with Gasteiger partial charge in [-0.25, -0.2) is 4.79 Å². The minimum absolute atomic E-state index is 0.0780. The maximum atomic E-state index is 11.7. The third kappa shape index (κ3) is 4.97. The number of nitrogens with zero attached hydrogens (tertiary/aromatic N) is 1. The van der Waals surface area contributed by atoms with Crippen molar-refractivity contribution >= 4 is 17.7 Å². The van der Waals surface area contributed by atoms with Gasteiger partial charge in [-0.05, 0) is 19.1 Å². The molecule has 0 atom stereocenters. The fraction of sp³-hybridized carbons (Fsp3) is 0.333. The Morgan fingerprint density at radius 3 is 2.57 bits per heavy atom. The van der Waals surface area contributed by atoms with Gasteiger partial charge < -0.3 is 20.5 Å². The zero-order chi connectivity index (χ0) is 15.8. The van der Waals surface area contributed by atoms with E-state index in [0.29, 0.717) is 0 Å².